The van der Waals surface area contributed by atoms with Gasteiger partial charge < -0.3 is 10.1 Å². The van der Waals surface area contributed by atoms with E-state index in [0.29, 0.717) is 29.1 Å². The molecule has 8 heteroatoms. The number of fused-ring (bicyclic) bond motifs is 1. The topological polar surface area (TPSA) is 89.4 Å². The summed E-state index contributed by atoms with van der Waals surface area (Å²) in [6.45, 7) is 10.1. The van der Waals surface area contributed by atoms with E-state index in [1.807, 2.05) is 107 Å². The first-order valence-corrected chi connectivity index (χ1v) is 12.4. The zero-order chi connectivity index (χ0) is 26.6. The Morgan fingerprint density at radius 3 is 2.32 bits per heavy atom. The Kier molecular flexibility index (Phi) is 7.57. The Morgan fingerprint density at radius 1 is 1.00 bits per heavy atom. The summed E-state index contributed by atoms with van der Waals surface area (Å²) in [5.74, 6) is 0.125. The number of nitrogens with one attached hydrogen (secondary N) is 1. The number of benzene rings is 3. The molecule has 0 radical (unpaired) electrons. The zero-order valence-electron chi connectivity index (χ0n) is 21.9. The largest absolute Gasteiger partial charge is 0.494 e. The Labute approximate surface area is 217 Å². The molecule has 0 spiro atoms. The highest BCUT2D eigenvalue weighted by Gasteiger charge is 2.34. The van der Waals surface area contributed by atoms with Crippen LogP contribution in [0.1, 0.15) is 44.9 Å². The number of anilines is 1. The zero-order valence-corrected chi connectivity index (χ0v) is 21.9. The molecule has 0 saturated carbocycles. The van der Waals surface area contributed by atoms with Gasteiger partial charge in [0.15, 0.2) is 0 Å². The maximum atomic E-state index is 14.0. The third-order valence-electron chi connectivity index (χ3n) is 5.80. The molecule has 37 heavy (non-hydrogen) atoms. The standard InChI is InChI=1S/C29H33N5O3/c1-6-37-23-17-13-21(14-18-23)27(28(36)30-29(3,4)5)34(22-15-11-20(2)12-16-22)26(35)19-33-25-10-8-7-9-24(25)31-32-33/h7-18,27H,6,19H2,1-5H3,(H,30,36)/t27-/m1/s1. The van der Waals surface area contributed by atoms with Crippen molar-refractivity contribution in [2.24, 2.45) is 0 Å². The molecule has 8 nitrogen and oxygen atoms in total. The fourth-order valence-corrected chi connectivity index (χ4v) is 4.15. The molecule has 0 aliphatic heterocycles. The molecule has 1 aromatic heterocycles. The lowest BCUT2D eigenvalue weighted by Gasteiger charge is -2.34. The van der Waals surface area contributed by atoms with E-state index >= 15 is 0 Å². The molecule has 0 aliphatic carbocycles. The highest BCUT2D eigenvalue weighted by atomic mass is 16.5. The first-order chi connectivity index (χ1) is 17.7. The van der Waals surface area contributed by atoms with Crippen LogP contribution in [-0.2, 0) is 16.1 Å². The second kappa shape index (κ2) is 10.8. The summed E-state index contributed by atoms with van der Waals surface area (Å²) in [7, 11) is 0. The first kappa shape index (κ1) is 25.9. The third-order valence-corrected chi connectivity index (χ3v) is 5.80. The van der Waals surface area contributed by atoms with Crippen LogP contribution < -0.4 is 15.0 Å². The third kappa shape index (κ3) is 6.14. The summed E-state index contributed by atoms with van der Waals surface area (Å²) >= 11 is 0. The number of aryl methyl sites for hydroxylation is 1. The number of amides is 2. The summed E-state index contributed by atoms with van der Waals surface area (Å²) in [5, 5.41) is 11.4. The van der Waals surface area contributed by atoms with Crippen LogP contribution in [0.2, 0.25) is 0 Å². The molecule has 1 atom stereocenters. The van der Waals surface area contributed by atoms with Gasteiger partial charge in [-0.3, -0.25) is 14.5 Å². The second-order valence-corrected chi connectivity index (χ2v) is 9.98. The van der Waals surface area contributed by atoms with Crippen molar-refractivity contribution in [2.45, 2.75) is 52.7 Å². The number of carbonyl (C=O) groups is 2. The smallest absolute Gasteiger partial charge is 0.249 e. The van der Waals surface area contributed by atoms with Crippen molar-refractivity contribution >= 4 is 28.5 Å². The van der Waals surface area contributed by atoms with Crippen LogP contribution in [0.25, 0.3) is 11.0 Å². The van der Waals surface area contributed by atoms with Crippen LogP contribution in [0.4, 0.5) is 5.69 Å². The van der Waals surface area contributed by atoms with Gasteiger partial charge in [0, 0.05) is 11.2 Å². The van der Waals surface area contributed by atoms with Crippen molar-refractivity contribution in [3.8, 4) is 5.75 Å². The fourth-order valence-electron chi connectivity index (χ4n) is 4.15. The number of nitrogens with zero attached hydrogens (tertiary/aromatic N) is 4. The van der Waals surface area contributed by atoms with Crippen LogP contribution >= 0.6 is 0 Å². The monoisotopic (exact) mass is 499 g/mol. The normalized spacial score (nSPS) is 12.2. The Hall–Kier alpha value is -4.20. The van der Waals surface area contributed by atoms with Gasteiger partial charge in [-0.25, -0.2) is 4.68 Å². The van der Waals surface area contributed by atoms with Gasteiger partial charge in [0.25, 0.3) is 0 Å². The first-order valence-electron chi connectivity index (χ1n) is 12.4. The number of aromatic nitrogens is 3. The molecule has 0 bridgehead atoms. The highest BCUT2D eigenvalue weighted by molar-refractivity contribution is 6.01. The highest BCUT2D eigenvalue weighted by Crippen LogP contribution is 2.31. The molecule has 1 N–H and O–H groups in total. The van der Waals surface area contributed by atoms with Gasteiger partial charge in [0.05, 0.1) is 12.1 Å². The lowest BCUT2D eigenvalue weighted by Crippen LogP contribution is -2.50. The van der Waals surface area contributed by atoms with Gasteiger partial charge in [-0.2, -0.15) is 0 Å². The van der Waals surface area contributed by atoms with Crippen molar-refractivity contribution < 1.29 is 14.3 Å². The summed E-state index contributed by atoms with van der Waals surface area (Å²) in [6, 6.07) is 21.4. The van der Waals surface area contributed by atoms with Crippen molar-refractivity contribution in [3.05, 3.63) is 83.9 Å². The van der Waals surface area contributed by atoms with Crippen molar-refractivity contribution in [1.29, 1.82) is 0 Å². The van der Waals surface area contributed by atoms with Gasteiger partial charge in [-0.15, -0.1) is 5.10 Å². The van der Waals surface area contributed by atoms with E-state index in [0.717, 1.165) is 11.1 Å². The predicted octanol–water partition coefficient (Wildman–Crippen LogP) is 4.83. The fraction of sp³-hybridized carbons (Fsp3) is 0.310. The van der Waals surface area contributed by atoms with Crippen LogP contribution in [0.3, 0.4) is 0 Å². The number of ether oxygens (including phenoxy) is 1. The number of hydrogen-bond acceptors (Lipinski definition) is 5. The molecular formula is C29H33N5O3. The average molecular weight is 500 g/mol. The van der Waals surface area contributed by atoms with Gasteiger partial charge >= 0.3 is 0 Å². The Morgan fingerprint density at radius 2 is 1.68 bits per heavy atom. The van der Waals surface area contributed by atoms with Gasteiger partial charge in [0.1, 0.15) is 23.9 Å². The minimum Gasteiger partial charge on any atom is -0.494 e. The van der Waals surface area contributed by atoms with Gasteiger partial charge in [0.2, 0.25) is 11.8 Å². The van der Waals surface area contributed by atoms with E-state index in [9.17, 15) is 9.59 Å². The van der Waals surface area contributed by atoms with Crippen LogP contribution in [0.5, 0.6) is 5.75 Å². The quantitative estimate of drug-likeness (QED) is 0.375. The van der Waals surface area contributed by atoms with Crippen LogP contribution in [0, 0.1) is 6.92 Å². The molecule has 0 aliphatic rings. The molecule has 0 unspecified atom stereocenters. The molecule has 3 aromatic carbocycles. The summed E-state index contributed by atoms with van der Waals surface area (Å²) in [5.41, 5.74) is 3.29. The van der Waals surface area contributed by atoms with E-state index in [2.05, 4.69) is 15.6 Å². The number of hydrogen-bond donors (Lipinski definition) is 1. The predicted molar refractivity (Wildman–Crippen MR) is 144 cm³/mol. The van der Waals surface area contributed by atoms with Gasteiger partial charge in [-0.1, -0.05) is 47.2 Å². The minimum absolute atomic E-state index is 0.0787. The molecular weight excluding hydrogens is 466 g/mol. The van der Waals surface area contributed by atoms with Crippen LogP contribution in [0.15, 0.2) is 72.8 Å². The molecule has 4 aromatic rings. The van der Waals surface area contributed by atoms with E-state index in [1.54, 1.807) is 9.58 Å². The minimum atomic E-state index is -0.917. The van der Waals surface area contributed by atoms with Crippen molar-refractivity contribution in [2.75, 3.05) is 11.5 Å². The lowest BCUT2D eigenvalue weighted by atomic mass is 10.0. The van der Waals surface area contributed by atoms with E-state index in [1.165, 1.54) is 0 Å². The number of carbonyl (C=O) groups excluding carboxylic acids is 2. The van der Waals surface area contributed by atoms with Gasteiger partial charge in [-0.05, 0) is 76.6 Å². The van der Waals surface area contributed by atoms with E-state index in [4.69, 9.17) is 4.74 Å². The van der Waals surface area contributed by atoms with Crippen molar-refractivity contribution in [1.82, 2.24) is 20.3 Å². The summed E-state index contributed by atoms with van der Waals surface area (Å²) < 4.78 is 7.16. The number of para-hydroxylation sites is 1. The molecule has 192 valence electrons. The molecule has 1 heterocycles. The second-order valence-electron chi connectivity index (χ2n) is 9.98. The van der Waals surface area contributed by atoms with Crippen LogP contribution in [-0.4, -0.2) is 39.0 Å². The lowest BCUT2D eigenvalue weighted by molar-refractivity contribution is -0.128. The Bertz CT molecular complexity index is 1370. The maximum Gasteiger partial charge on any atom is 0.249 e. The maximum absolute atomic E-state index is 14.0. The van der Waals surface area contributed by atoms with E-state index in [-0.39, 0.29) is 18.4 Å². The SMILES string of the molecule is CCOc1ccc([C@H](C(=O)NC(C)(C)C)N(C(=O)Cn2nnc3ccccc32)c2ccc(C)cc2)cc1. The molecule has 0 fully saturated rings. The summed E-state index contributed by atoms with van der Waals surface area (Å²) in [4.78, 5) is 29.4. The molecule has 0 saturated heterocycles. The average Bonchev–Trinajstić information content (AvgIpc) is 3.25. The molecule has 2 amide bonds. The number of rotatable bonds is 8. The van der Waals surface area contributed by atoms with E-state index < -0.39 is 11.6 Å². The summed E-state index contributed by atoms with van der Waals surface area (Å²) in [6.07, 6.45) is 0. The van der Waals surface area contributed by atoms with Crippen molar-refractivity contribution in [3.63, 3.8) is 0 Å². The molecule has 4 rings (SSSR count). The Balaban J connectivity index is 1.80.